The van der Waals surface area contributed by atoms with Gasteiger partial charge in [0.05, 0.1) is 11.8 Å². The first-order valence-corrected chi connectivity index (χ1v) is 7.69. The Bertz CT molecular complexity index is 554. The van der Waals surface area contributed by atoms with Crippen LogP contribution in [0.4, 0.5) is 0 Å². The van der Waals surface area contributed by atoms with Gasteiger partial charge in [0.25, 0.3) is 5.91 Å². The van der Waals surface area contributed by atoms with Crippen LogP contribution in [0.25, 0.3) is 0 Å². The molecular formula is C15H21N3O3. The first kappa shape index (κ1) is 14.1. The highest BCUT2D eigenvalue weighted by Crippen LogP contribution is 2.40. The number of aromatic nitrogens is 2. The van der Waals surface area contributed by atoms with E-state index in [0.29, 0.717) is 24.4 Å². The van der Waals surface area contributed by atoms with Crippen molar-refractivity contribution in [3.63, 3.8) is 0 Å². The Kier molecular flexibility index (Phi) is 3.69. The zero-order chi connectivity index (χ0) is 15.0. The van der Waals surface area contributed by atoms with Gasteiger partial charge in [-0.15, -0.1) is 0 Å². The van der Waals surface area contributed by atoms with Crippen molar-refractivity contribution in [1.82, 2.24) is 14.7 Å². The molecule has 0 spiro atoms. The van der Waals surface area contributed by atoms with Crippen molar-refractivity contribution in [2.24, 2.45) is 5.92 Å². The summed E-state index contributed by atoms with van der Waals surface area (Å²) in [7, 11) is 0. The van der Waals surface area contributed by atoms with Gasteiger partial charge in [-0.3, -0.25) is 9.48 Å². The van der Waals surface area contributed by atoms with Gasteiger partial charge in [-0.2, -0.15) is 5.10 Å². The minimum absolute atomic E-state index is 0.0809. The summed E-state index contributed by atoms with van der Waals surface area (Å²) < 4.78 is 1.69. The van der Waals surface area contributed by atoms with Crippen molar-refractivity contribution in [2.45, 2.75) is 57.7 Å². The molecule has 1 saturated heterocycles. The first-order chi connectivity index (χ1) is 10.1. The average molecular weight is 291 g/mol. The molecule has 1 aromatic heterocycles. The molecule has 2 fully saturated rings. The molecule has 1 N–H and O–H groups in total. The minimum Gasteiger partial charge on any atom is -0.480 e. The predicted molar refractivity (Wildman–Crippen MR) is 75.9 cm³/mol. The molecule has 0 radical (unpaired) electrons. The summed E-state index contributed by atoms with van der Waals surface area (Å²) in [4.78, 5) is 25.9. The molecule has 3 unspecified atom stereocenters. The van der Waals surface area contributed by atoms with Gasteiger partial charge in [0.1, 0.15) is 6.04 Å². The number of nitrogens with zero attached hydrogens (tertiary/aromatic N) is 3. The van der Waals surface area contributed by atoms with Crippen LogP contribution in [0.5, 0.6) is 0 Å². The lowest BCUT2D eigenvalue weighted by Gasteiger charge is -2.32. The fourth-order valence-electron chi connectivity index (χ4n) is 3.77. The molecule has 6 heteroatoms. The zero-order valence-electron chi connectivity index (χ0n) is 12.2. The van der Waals surface area contributed by atoms with E-state index in [0.717, 1.165) is 25.7 Å². The lowest BCUT2D eigenvalue weighted by molar-refractivity contribution is -0.141. The largest absolute Gasteiger partial charge is 0.480 e. The summed E-state index contributed by atoms with van der Waals surface area (Å²) >= 11 is 0. The van der Waals surface area contributed by atoms with Crippen molar-refractivity contribution in [2.75, 3.05) is 0 Å². The number of carboxylic acid groups (broad SMARTS) is 1. The van der Waals surface area contributed by atoms with E-state index in [1.807, 2.05) is 6.92 Å². The van der Waals surface area contributed by atoms with E-state index < -0.39 is 12.0 Å². The van der Waals surface area contributed by atoms with Crippen LogP contribution >= 0.6 is 0 Å². The number of carbonyl (C=O) groups excluding carboxylic acids is 1. The maximum atomic E-state index is 12.8. The van der Waals surface area contributed by atoms with Crippen LogP contribution in [0.2, 0.25) is 0 Å². The van der Waals surface area contributed by atoms with Crippen molar-refractivity contribution < 1.29 is 14.7 Å². The van der Waals surface area contributed by atoms with Gasteiger partial charge in [-0.1, -0.05) is 12.8 Å². The fourth-order valence-corrected chi connectivity index (χ4v) is 3.77. The second-order valence-corrected chi connectivity index (χ2v) is 6.00. The van der Waals surface area contributed by atoms with Gasteiger partial charge in [-0.05, 0) is 32.1 Å². The Hall–Kier alpha value is -1.85. The summed E-state index contributed by atoms with van der Waals surface area (Å²) in [5.41, 5.74) is 0.495. The van der Waals surface area contributed by atoms with Crippen LogP contribution in [0.3, 0.4) is 0 Å². The molecule has 1 amide bonds. The molecule has 0 bridgehead atoms. The predicted octanol–water partition coefficient (Wildman–Crippen LogP) is 1.76. The lowest BCUT2D eigenvalue weighted by atomic mass is 9.84. The first-order valence-electron chi connectivity index (χ1n) is 7.69. The Balaban J connectivity index is 1.88. The highest BCUT2D eigenvalue weighted by atomic mass is 16.4. The monoisotopic (exact) mass is 291 g/mol. The highest BCUT2D eigenvalue weighted by molar-refractivity contribution is 5.96. The molecule has 0 aromatic carbocycles. The van der Waals surface area contributed by atoms with E-state index in [4.69, 9.17) is 0 Å². The molecular weight excluding hydrogens is 270 g/mol. The van der Waals surface area contributed by atoms with Crippen molar-refractivity contribution in [3.8, 4) is 0 Å². The SMILES string of the molecule is CCn1cc(C(=O)N2C(C(=O)O)CC3CCCCC32)cn1. The van der Waals surface area contributed by atoms with Crippen LogP contribution in [0.15, 0.2) is 12.4 Å². The van der Waals surface area contributed by atoms with Crippen molar-refractivity contribution >= 4 is 11.9 Å². The zero-order valence-corrected chi connectivity index (χ0v) is 12.2. The maximum Gasteiger partial charge on any atom is 0.326 e. The number of aliphatic carboxylic acids is 1. The number of hydrogen-bond acceptors (Lipinski definition) is 3. The highest BCUT2D eigenvalue weighted by Gasteiger charge is 2.47. The third-order valence-electron chi connectivity index (χ3n) is 4.81. The lowest BCUT2D eigenvalue weighted by Crippen LogP contribution is -2.46. The minimum atomic E-state index is -0.888. The summed E-state index contributed by atoms with van der Waals surface area (Å²) in [6.07, 6.45) is 8.01. The molecule has 1 aromatic rings. The number of hydrogen-bond donors (Lipinski definition) is 1. The van der Waals surface area contributed by atoms with Gasteiger partial charge in [0.2, 0.25) is 0 Å². The Morgan fingerprint density at radius 1 is 1.38 bits per heavy atom. The van der Waals surface area contributed by atoms with E-state index in [-0.39, 0.29) is 11.9 Å². The van der Waals surface area contributed by atoms with Gasteiger partial charge in [-0.25, -0.2) is 4.79 Å². The number of amides is 1. The van der Waals surface area contributed by atoms with Gasteiger partial charge >= 0.3 is 5.97 Å². The summed E-state index contributed by atoms with van der Waals surface area (Å²) in [5.74, 6) is -0.734. The van der Waals surface area contributed by atoms with Crippen LogP contribution in [0.1, 0.15) is 49.4 Å². The van der Waals surface area contributed by atoms with Crippen molar-refractivity contribution in [1.29, 1.82) is 0 Å². The molecule has 3 atom stereocenters. The molecule has 6 nitrogen and oxygen atoms in total. The molecule has 21 heavy (non-hydrogen) atoms. The van der Waals surface area contributed by atoms with Gasteiger partial charge < -0.3 is 10.0 Å². The molecule has 1 saturated carbocycles. The van der Waals surface area contributed by atoms with Crippen LogP contribution < -0.4 is 0 Å². The fraction of sp³-hybridized carbons (Fsp3) is 0.667. The molecule has 114 valence electrons. The molecule has 2 aliphatic rings. The second kappa shape index (κ2) is 5.50. The van der Waals surface area contributed by atoms with E-state index in [1.165, 1.54) is 0 Å². The number of fused-ring (bicyclic) bond motifs is 1. The summed E-state index contributed by atoms with van der Waals surface area (Å²) in [6.45, 7) is 2.65. The Morgan fingerprint density at radius 3 is 2.81 bits per heavy atom. The summed E-state index contributed by atoms with van der Waals surface area (Å²) in [5, 5.41) is 13.6. The van der Waals surface area contributed by atoms with Crippen LogP contribution in [-0.4, -0.2) is 43.7 Å². The molecule has 1 aliphatic carbocycles. The third kappa shape index (κ3) is 2.43. The summed E-state index contributed by atoms with van der Waals surface area (Å²) in [6, 6.07) is -0.604. The molecule has 1 aliphatic heterocycles. The van der Waals surface area contributed by atoms with Crippen molar-refractivity contribution in [3.05, 3.63) is 18.0 Å². The number of carbonyl (C=O) groups is 2. The van der Waals surface area contributed by atoms with E-state index in [1.54, 1.807) is 22.0 Å². The topological polar surface area (TPSA) is 75.4 Å². The number of likely N-dealkylation sites (tertiary alicyclic amines) is 1. The Labute approximate surface area is 123 Å². The maximum absolute atomic E-state index is 12.8. The van der Waals surface area contributed by atoms with Gasteiger partial charge in [0.15, 0.2) is 0 Å². The van der Waals surface area contributed by atoms with E-state index in [9.17, 15) is 14.7 Å². The molecule has 3 rings (SSSR count). The average Bonchev–Trinajstić information content (AvgIpc) is 3.11. The number of carboxylic acids is 1. The van der Waals surface area contributed by atoms with Crippen LogP contribution in [-0.2, 0) is 11.3 Å². The van der Waals surface area contributed by atoms with Crippen LogP contribution in [0, 0.1) is 5.92 Å². The smallest absolute Gasteiger partial charge is 0.326 e. The van der Waals surface area contributed by atoms with E-state index >= 15 is 0 Å². The second-order valence-electron chi connectivity index (χ2n) is 6.00. The number of aryl methyl sites for hydroxylation is 1. The standard InChI is InChI=1S/C15H21N3O3/c1-2-17-9-11(8-16-17)14(19)18-12-6-4-3-5-10(12)7-13(18)15(20)21/h8-10,12-13H,2-7H2,1H3,(H,20,21). The Morgan fingerprint density at radius 2 is 2.14 bits per heavy atom. The molecule has 2 heterocycles. The number of rotatable bonds is 3. The normalized spacial score (nSPS) is 28.4. The van der Waals surface area contributed by atoms with Gasteiger partial charge in [0, 0.05) is 18.8 Å². The van der Waals surface area contributed by atoms with E-state index in [2.05, 4.69) is 5.10 Å². The quantitative estimate of drug-likeness (QED) is 0.920. The third-order valence-corrected chi connectivity index (χ3v) is 4.81.